The molecule has 0 aliphatic heterocycles. The number of hydrogen-bond acceptors (Lipinski definition) is 4. The van der Waals surface area contributed by atoms with E-state index in [0.29, 0.717) is 11.5 Å². The van der Waals surface area contributed by atoms with E-state index in [1.54, 1.807) is 7.11 Å². The fraction of sp³-hybridized carbons (Fsp3) is 0.214. The van der Waals surface area contributed by atoms with Gasteiger partial charge in [-0.25, -0.2) is 4.98 Å². The summed E-state index contributed by atoms with van der Waals surface area (Å²) in [5.41, 5.74) is 1.23. The van der Waals surface area contributed by atoms with Crippen LogP contribution >= 0.6 is 0 Å². The van der Waals surface area contributed by atoms with Gasteiger partial charge in [0.05, 0.1) is 12.8 Å². The number of fused-ring (bicyclic) bond motifs is 1. The van der Waals surface area contributed by atoms with Crippen LogP contribution in [0.4, 0.5) is 0 Å². The van der Waals surface area contributed by atoms with Crippen molar-refractivity contribution >= 4 is 5.78 Å². The number of aryl methyl sites for hydroxylation is 1. The molecule has 0 aliphatic carbocycles. The van der Waals surface area contributed by atoms with Crippen molar-refractivity contribution < 1.29 is 4.74 Å². The molecule has 0 radical (unpaired) electrons. The summed E-state index contributed by atoms with van der Waals surface area (Å²) in [5.74, 6) is 1.84. The summed E-state index contributed by atoms with van der Waals surface area (Å²) in [7, 11) is 1.60. The van der Waals surface area contributed by atoms with E-state index < -0.39 is 0 Å². The minimum Gasteiger partial charge on any atom is -0.497 e. The molecule has 1 aromatic carbocycles. The Kier molecular flexibility index (Phi) is 2.98. The molecule has 3 aromatic rings. The zero-order valence-electron chi connectivity index (χ0n) is 11.3. The lowest BCUT2D eigenvalue weighted by molar-refractivity contribution is 0.415. The number of ether oxygens (including phenoxy) is 1. The molecule has 20 heavy (non-hydrogen) atoms. The largest absolute Gasteiger partial charge is 0.497 e. The molecule has 3 rings (SSSR count). The molecular formula is C14H14N4O2. The first-order chi connectivity index (χ1) is 9.71. The standard InChI is InChI=1S/C14H14N4O2/c1-3-12-16-14-15-11(8-13(19)18(14)17-12)9-5-4-6-10(7-9)20-2/h4-8H,3H2,1-2H3,(H,15,16,17). The number of aromatic nitrogens is 4. The van der Waals surface area contributed by atoms with Gasteiger partial charge in [-0.05, 0) is 12.1 Å². The van der Waals surface area contributed by atoms with E-state index in [4.69, 9.17) is 4.74 Å². The summed E-state index contributed by atoms with van der Waals surface area (Å²) in [6, 6.07) is 8.91. The third-order valence-corrected chi connectivity index (χ3v) is 3.08. The molecule has 0 unspecified atom stereocenters. The van der Waals surface area contributed by atoms with Gasteiger partial charge in [-0.15, -0.1) is 0 Å². The van der Waals surface area contributed by atoms with Crippen molar-refractivity contribution in [3.8, 4) is 17.0 Å². The summed E-state index contributed by atoms with van der Waals surface area (Å²) >= 11 is 0. The minimum absolute atomic E-state index is 0.181. The average molecular weight is 270 g/mol. The Labute approximate surface area is 115 Å². The quantitative estimate of drug-likeness (QED) is 0.785. The molecule has 6 nitrogen and oxygen atoms in total. The Morgan fingerprint density at radius 3 is 2.90 bits per heavy atom. The Hall–Kier alpha value is -2.63. The summed E-state index contributed by atoms with van der Waals surface area (Å²) in [5, 5.41) is 2.92. The first-order valence-corrected chi connectivity index (χ1v) is 6.34. The lowest BCUT2D eigenvalue weighted by atomic mass is 10.1. The molecule has 0 spiro atoms. The summed E-state index contributed by atoms with van der Waals surface area (Å²) in [6.07, 6.45) is 0.720. The van der Waals surface area contributed by atoms with Crippen LogP contribution in [-0.4, -0.2) is 26.7 Å². The van der Waals surface area contributed by atoms with Crippen molar-refractivity contribution in [2.24, 2.45) is 0 Å². The molecular weight excluding hydrogens is 256 g/mol. The predicted molar refractivity (Wildman–Crippen MR) is 75.0 cm³/mol. The highest BCUT2D eigenvalue weighted by Gasteiger charge is 2.09. The SMILES string of the molecule is CCc1nc2nc(-c3cccc(OC)c3)cc(=O)n2[nH]1. The lowest BCUT2D eigenvalue weighted by Crippen LogP contribution is -2.14. The van der Waals surface area contributed by atoms with Gasteiger partial charge < -0.3 is 4.74 Å². The predicted octanol–water partition coefficient (Wildman–Crippen LogP) is 1.66. The van der Waals surface area contributed by atoms with Gasteiger partial charge in [0.2, 0.25) is 0 Å². The molecule has 0 saturated carbocycles. The Morgan fingerprint density at radius 1 is 1.30 bits per heavy atom. The molecule has 0 atom stereocenters. The maximum Gasteiger partial charge on any atom is 0.274 e. The van der Waals surface area contributed by atoms with Gasteiger partial charge in [0.25, 0.3) is 11.3 Å². The van der Waals surface area contributed by atoms with Gasteiger partial charge in [-0.2, -0.15) is 9.50 Å². The van der Waals surface area contributed by atoms with Crippen LogP contribution in [0.5, 0.6) is 5.75 Å². The number of benzene rings is 1. The van der Waals surface area contributed by atoms with Crippen LogP contribution in [-0.2, 0) is 6.42 Å². The fourth-order valence-electron chi connectivity index (χ4n) is 2.01. The van der Waals surface area contributed by atoms with E-state index in [-0.39, 0.29) is 5.56 Å². The second-order valence-corrected chi connectivity index (χ2v) is 4.37. The highest BCUT2D eigenvalue weighted by atomic mass is 16.5. The van der Waals surface area contributed by atoms with E-state index in [1.807, 2.05) is 31.2 Å². The Bertz CT molecular complexity index is 819. The van der Waals surface area contributed by atoms with Gasteiger partial charge in [0.1, 0.15) is 11.6 Å². The molecule has 2 heterocycles. The van der Waals surface area contributed by atoms with Crippen LogP contribution in [0.2, 0.25) is 0 Å². The highest BCUT2D eigenvalue weighted by molar-refractivity contribution is 5.62. The topological polar surface area (TPSA) is 72.3 Å². The van der Waals surface area contributed by atoms with Gasteiger partial charge in [-0.1, -0.05) is 19.1 Å². The number of aromatic amines is 1. The van der Waals surface area contributed by atoms with Gasteiger partial charge in [-0.3, -0.25) is 9.89 Å². The van der Waals surface area contributed by atoms with Crippen LogP contribution in [0, 0.1) is 0 Å². The third kappa shape index (κ3) is 2.05. The van der Waals surface area contributed by atoms with E-state index >= 15 is 0 Å². The molecule has 0 amide bonds. The second kappa shape index (κ2) is 4.80. The first kappa shape index (κ1) is 12.4. The number of methoxy groups -OCH3 is 1. The van der Waals surface area contributed by atoms with Crippen LogP contribution in [0.15, 0.2) is 35.1 Å². The van der Waals surface area contributed by atoms with Crippen molar-refractivity contribution in [1.82, 2.24) is 19.6 Å². The van der Waals surface area contributed by atoms with Crippen molar-refractivity contribution in [3.05, 3.63) is 46.5 Å². The molecule has 1 N–H and O–H groups in total. The number of rotatable bonds is 3. The Morgan fingerprint density at radius 2 is 2.15 bits per heavy atom. The lowest BCUT2D eigenvalue weighted by Gasteiger charge is -2.03. The van der Waals surface area contributed by atoms with E-state index in [0.717, 1.165) is 23.6 Å². The fourth-order valence-corrected chi connectivity index (χ4v) is 2.01. The summed E-state index contributed by atoms with van der Waals surface area (Å²) < 4.78 is 6.53. The molecule has 0 fully saturated rings. The number of hydrogen-bond donors (Lipinski definition) is 1. The van der Waals surface area contributed by atoms with Crippen LogP contribution in [0.25, 0.3) is 17.0 Å². The number of nitrogens with zero attached hydrogens (tertiary/aromatic N) is 3. The maximum absolute atomic E-state index is 12.1. The molecule has 6 heteroatoms. The third-order valence-electron chi connectivity index (χ3n) is 3.08. The monoisotopic (exact) mass is 270 g/mol. The number of nitrogens with one attached hydrogen (secondary N) is 1. The van der Waals surface area contributed by atoms with Crippen molar-refractivity contribution in [2.45, 2.75) is 13.3 Å². The van der Waals surface area contributed by atoms with Crippen molar-refractivity contribution in [2.75, 3.05) is 7.11 Å². The van der Waals surface area contributed by atoms with Crippen molar-refractivity contribution in [1.29, 1.82) is 0 Å². The molecule has 0 aliphatic rings. The second-order valence-electron chi connectivity index (χ2n) is 4.37. The normalized spacial score (nSPS) is 10.9. The van der Waals surface area contributed by atoms with Gasteiger partial charge in [0.15, 0.2) is 0 Å². The molecule has 0 saturated heterocycles. The summed E-state index contributed by atoms with van der Waals surface area (Å²) in [6.45, 7) is 1.96. The van der Waals surface area contributed by atoms with E-state index in [1.165, 1.54) is 10.6 Å². The van der Waals surface area contributed by atoms with Crippen molar-refractivity contribution in [3.63, 3.8) is 0 Å². The Balaban J connectivity index is 2.18. The minimum atomic E-state index is -0.181. The zero-order chi connectivity index (χ0) is 14.1. The molecule has 102 valence electrons. The van der Waals surface area contributed by atoms with Crippen LogP contribution < -0.4 is 10.3 Å². The van der Waals surface area contributed by atoms with E-state index in [2.05, 4.69) is 15.1 Å². The maximum atomic E-state index is 12.1. The summed E-state index contributed by atoms with van der Waals surface area (Å²) in [4.78, 5) is 20.8. The van der Waals surface area contributed by atoms with Gasteiger partial charge in [0, 0.05) is 18.1 Å². The van der Waals surface area contributed by atoms with Crippen LogP contribution in [0.3, 0.4) is 0 Å². The number of H-pyrrole nitrogens is 1. The first-order valence-electron chi connectivity index (χ1n) is 6.34. The zero-order valence-corrected chi connectivity index (χ0v) is 11.3. The van der Waals surface area contributed by atoms with Crippen LogP contribution in [0.1, 0.15) is 12.7 Å². The highest BCUT2D eigenvalue weighted by Crippen LogP contribution is 2.21. The molecule has 0 bridgehead atoms. The smallest absolute Gasteiger partial charge is 0.274 e. The van der Waals surface area contributed by atoms with Gasteiger partial charge >= 0.3 is 0 Å². The average Bonchev–Trinajstić information content (AvgIpc) is 2.91. The molecule has 2 aromatic heterocycles. The van der Waals surface area contributed by atoms with E-state index in [9.17, 15) is 4.79 Å².